The van der Waals surface area contributed by atoms with Crippen LogP contribution in [0.15, 0.2) is 12.3 Å². The number of halogens is 1. The van der Waals surface area contributed by atoms with Crippen LogP contribution in [0, 0.1) is 5.82 Å². The van der Waals surface area contributed by atoms with Crippen LogP contribution < -0.4 is 10.6 Å². The molecule has 1 aromatic rings. The van der Waals surface area contributed by atoms with Crippen LogP contribution in [0.25, 0.3) is 0 Å². The van der Waals surface area contributed by atoms with Crippen LogP contribution in [0.4, 0.5) is 10.2 Å². The third kappa shape index (κ3) is 3.87. The van der Waals surface area contributed by atoms with Gasteiger partial charge in [0, 0.05) is 18.3 Å². The first-order chi connectivity index (χ1) is 8.39. The maximum Gasteiger partial charge on any atom is 0.255 e. The Morgan fingerprint density at radius 1 is 1.56 bits per heavy atom. The highest BCUT2D eigenvalue weighted by Gasteiger charge is 2.19. The van der Waals surface area contributed by atoms with Crippen LogP contribution in [0.3, 0.4) is 0 Å². The van der Waals surface area contributed by atoms with Gasteiger partial charge in [0.2, 0.25) is 0 Å². The van der Waals surface area contributed by atoms with Gasteiger partial charge < -0.3 is 10.6 Å². The Morgan fingerprint density at radius 3 is 2.78 bits per heavy atom. The van der Waals surface area contributed by atoms with E-state index in [1.165, 1.54) is 6.07 Å². The fourth-order valence-electron chi connectivity index (χ4n) is 1.27. The highest BCUT2D eigenvalue weighted by atomic mass is 32.2. The number of hydrogen-bond donors (Lipinski definition) is 2. The van der Waals surface area contributed by atoms with Gasteiger partial charge in [0.15, 0.2) is 0 Å². The standard InChI is InChI=1S/C12H18FN3OS/c1-12(2,18-4)7-16-11(17)9-5-8(13)6-15-10(9)14-3/h5-6H,7H2,1-4H3,(H,14,15)(H,16,17). The van der Waals surface area contributed by atoms with E-state index in [9.17, 15) is 9.18 Å². The minimum absolute atomic E-state index is 0.0593. The zero-order valence-corrected chi connectivity index (χ0v) is 11.8. The van der Waals surface area contributed by atoms with Crippen molar-refractivity contribution < 1.29 is 9.18 Å². The third-order valence-corrected chi connectivity index (χ3v) is 3.81. The summed E-state index contributed by atoms with van der Waals surface area (Å²) in [7, 11) is 1.64. The number of thioether (sulfide) groups is 1. The highest BCUT2D eigenvalue weighted by Crippen LogP contribution is 2.20. The Bertz CT molecular complexity index is 437. The van der Waals surface area contributed by atoms with Crippen LogP contribution >= 0.6 is 11.8 Å². The minimum atomic E-state index is -0.525. The predicted molar refractivity (Wildman–Crippen MR) is 73.7 cm³/mol. The van der Waals surface area contributed by atoms with Crippen molar-refractivity contribution in [2.75, 3.05) is 25.2 Å². The van der Waals surface area contributed by atoms with E-state index in [0.29, 0.717) is 12.4 Å². The molecule has 1 aromatic heterocycles. The summed E-state index contributed by atoms with van der Waals surface area (Å²) in [5, 5.41) is 5.56. The molecular weight excluding hydrogens is 253 g/mol. The fourth-order valence-corrected chi connectivity index (χ4v) is 1.49. The van der Waals surface area contributed by atoms with E-state index < -0.39 is 5.82 Å². The van der Waals surface area contributed by atoms with E-state index in [1.54, 1.807) is 18.8 Å². The molecule has 0 saturated carbocycles. The van der Waals surface area contributed by atoms with Crippen molar-refractivity contribution in [2.45, 2.75) is 18.6 Å². The molecule has 0 aliphatic carbocycles. The Kier molecular flexibility index (Phi) is 4.95. The van der Waals surface area contributed by atoms with E-state index >= 15 is 0 Å². The number of carbonyl (C=O) groups is 1. The second-order valence-electron chi connectivity index (χ2n) is 4.45. The second kappa shape index (κ2) is 6.04. The van der Waals surface area contributed by atoms with Gasteiger partial charge in [0.05, 0.1) is 11.8 Å². The average molecular weight is 271 g/mol. The summed E-state index contributed by atoms with van der Waals surface area (Å²) in [4.78, 5) is 15.8. The van der Waals surface area contributed by atoms with Gasteiger partial charge in [-0.2, -0.15) is 11.8 Å². The van der Waals surface area contributed by atoms with E-state index in [-0.39, 0.29) is 16.2 Å². The lowest BCUT2D eigenvalue weighted by Gasteiger charge is -2.22. The molecule has 0 fully saturated rings. The fraction of sp³-hybridized carbons (Fsp3) is 0.500. The van der Waals surface area contributed by atoms with Gasteiger partial charge in [-0.05, 0) is 26.2 Å². The molecule has 6 heteroatoms. The van der Waals surface area contributed by atoms with Gasteiger partial charge in [-0.3, -0.25) is 4.79 Å². The van der Waals surface area contributed by atoms with Crippen molar-refractivity contribution in [2.24, 2.45) is 0 Å². The molecule has 1 rings (SSSR count). The summed E-state index contributed by atoms with van der Waals surface area (Å²) in [5.74, 6) is -0.479. The van der Waals surface area contributed by atoms with Gasteiger partial charge >= 0.3 is 0 Å². The van der Waals surface area contributed by atoms with Crippen molar-refractivity contribution in [3.8, 4) is 0 Å². The maximum atomic E-state index is 13.1. The molecule has 0 radical (unpaired) electrons. The Labute approximate surface area is 111 Å². The first-order valence-electron chi connectivity index (χ1n) is 5.56. The number of anilines is 1. The molecule has 100 valence electrons. The zero-order valence-electron chi connectivity index (χ0n) is 11.0. The van der Waals surface area contributed by atoms with Crippen LogP contribution in [-0.2, 0) is 0 Å². The Morgan fingerprint density at radius 2 is 2.22 bits per heavy atom. The van der Waals surface area contributed by atoms with E-state index in [0.717, 1.165) is 6.20 Å². The second-order valence-corrected chi connectivity index (χ2v) is 5.96. The van der Waals surface area contributed by atoms with E-state index in [1.807, 2.05) is 20.1 Å². The molecular formula is C12H18FN3OS. The lowest BCUT2D eigenvalue weighted by atomic mass is 10.2. The molecule has 0 unspecified atom stereocenters. The molecule has 4 nitrogen and oxygen atoms in total. The zero-order chi connectivity index (χ0) is 13.8. The predicted octanol–water partition coefficient (Wildman–Crippen LogP) is 2.13. The monoisotopic (exact) mass is 271 g/mol. The number of pyridine rings is 1. The number of nitrogens with zero attached hydrogens (tertiary/aromatic N) is 1. The first-order valence-corrected chi connectivity index (χ1v) is 6.79. The number of carbonyl (C=O) groups excluding carboxylic acids is 1. The SMILES string of the molecule is CNc1ncc(F)cc1C(=O)NCC(C)(C)SC. The molecule has 18 heavy (non-hydrogen) atoms. The van der Waals surface area contributed by atoms with E-state index in [2.05, 4.69) is 15.6 Å². The average Bonchev–Trinajstić information content (AvgIpc) is 2.36. The summed E-state index contributed by atoms with van der Waals surface area (Å²) >= 11 is 1.66. The van der Waals surface area contributed by atoms with Crippen molar-refractivity contribution in [1.29, 1.82) is 0 Å². The molecule has 1 amide bonds. The molecule has 1 heterocycles. The number of nitrogens with one attached hydrogen (secondary N) is 2. The molecule has 0 aromatic carbocycles. The molecule has 0 atom stereocenters. The lowest BCUT2D eigenvalue weighted by Crippen LogP contribution is -2.36. The van der Waals surface area contributed by atoms with Gasteiger partial charge in [-0.1, -0.05) is 0 Å². The quantitative estimate of drug-likeness (QED) is 0.861. The minimum Gasteiger partial charge on any atom is -0.372 e. The summed E-state index contributed by atoms with van der Waals surface area (Å²) in [6.45, 7) is 4.56. The topological polar surface area (TPSA) is 54.0 Å². The Balaban J connectivity index is 2.81. The molecule has 2 N–H and O–H groups in total. The number of amides is 1. The smallest absolute Gasteiger partial charge is 0.255 e. The number of rotatable bonds is 5. The van der Waals surface area contributed by atoms with Gasteiger partial charge in [0.1, 0.15) is 11.6 Å². The van der Waals surface area contributed by atoms with Crippen molar-refractivity contribution in [3.63, 3.8) is 0 Å². The van der Waals surface area contributed by atoms with Crippen molar-refractivity contribution in [1.82, 2.24) is 10.3 Å². The van der Waals surface area contributed by atoms with Crippen LogP contribution in [0.2, 0.25) is 0 Å². The molecule has 0 bridgehead atoms. The van der Waals surface area contributed by atoms with Gasteiger partial charge in [-0.25, -0.2) is 9.37 Å². The number of hydrogen-bond acceptors (Lipinski definition) is 4. The molecule has 0 spiro atoms. The number of aromatic nitrogens is 1. The van der Waals surface area contributed by atoms with Crippen LogP contribution in [0.5, 0.6) is 0 Å². The summed E-state index contributed by atoms with van der Waals surface area (Å²) in [5.41, 5.74) is 0.217. The summed E-state index contributed by atoms with van der Waals surface area (Å²) in [6.07, 6.45) is 3.06. The Hall–Kier alpha value is -1.30. The van der Waals surface area contributed by atoms with Crippen molar-refractivity contribution >= 4 is 23.5 Å². The van der Waals surface area contributed by atoms with Gasteiger partial charge in [0.25, 0.3) is 5.91 Å². The van der Waals surface area contributed by atoms with Gasteiger partial charge in [-0.15, -0.1) is 0 Å². The summed E-state index contributed by atoms with van der Waals surface area (Å²) < 4.78 is 13.1. The lowest BCUT2D eigenvalue weighted by molar-refractivity contribution is 0.0951. The van der Waals surface area contributed by atoms with Crippen LogP contribution in [0.1, 0.15) is 24.2 Å². The molecule has 0 aliphatic heterocycles. The third-order valence-electron chi connectivity index (χ3n) is 2.56. The normalized spacial score (nSPS) is 11.2. The maximum absolute atomic E-state index is 13.1. The first kappa shape index (κ1) is 14.8. The largest absolute Gasteiger partial charge is 0.372 e. The molecule has 0 saturated heterocycles. The van der Waals surface area contributed by atoms with E-state index in [4.69, 9.17) is 0 Å². The highest BCUT2D eigenvalue weighted by molar-refractivity contribution is 7.99. The molecule has 0 aliphatic rings. The van der Waals surface area contributed by atoms with Crippen LogP contribution in [-0.4, -0.2) is 35.5 Å². The summed E-state index contributed by atoms with van der Waals surface area (Å²) in [6, 6.07) is 1.18. The van der Waals surface area contributed by atoms with Crippen molar-refractivity contribution in [3.05, 3.63) is 23.6 Å².